The molecule has 1 aliphatic carbocycles. The molecule has 1 amide bonds. The molecule has 2 aromatic heterocycles. The molecule has 0 unspecified atom stereocenters. The van der Waals surface area contributed by atoms with E-state index in [2.05, 4.69) is 0 Å². The SMILES string of the molecule is CCn1c(S[C@H](C)C(=O)N2CCCC2)nc2sc3c(c2c1=O)CCCC3. The monoisotopic (exact) mass is 391 g/mol. The Kier molecular flexibility index (Phi) is 5.10. The lowest BCUT2D eigenvalue weighted by atomic mass is 9.97. The molecule has 0 saturated carbocycles. The van der Waals surface area contributed by atoms with Crippen LogP contribution in [0.2, 0.25) is 0 Å². The van der Waals surface area contributed by atoms with Crippen LogP contribution in [0, 0.1) is 0 Å². The van der Waals surface area contributed by atoms with Crippen LogP contribution in [0.4, 0.5) is 0 Å². The van der Waals surface area contributed by atoms with Gasteiger partial charge in [-0.25, -0.2) is 4.98 Å². The quantitative estimate of drug-likeness (QED) is 0.592. The second-order valence-electron chi connectivity index (χ2n) is 7.13. The van der Waals surface area contributed by atoms with Crippen molar-refractivity contribution in [3.05, 3.63) is 20.8 Å². The Balaban J connectivity index is 1.70. The van der Waals surface area contributed by atoms with Gasteiger partial charge in [0.2, 0.25) is 5.91 Å². The maximum absolute atomic E-state index is 13.1. The fraction of sp³-hybridized carbons (Fsp3) is 0.632. The Labute approximate surface area is 161 Å². The topological polar surface area (TPSA) is 55.2 Å². The van der Waals surface area contributed by atoms with Gasteiger partial charge in [-0.3, -0.25) is 14.2 Å². The molecule has 2 aromatic rings. The van der Waals surface area contributed by atoms with Gasteiger partial charge in [0, 0.05) is 24.5 Å². The van der Waals surface area contributed by atoms with Crippen molar-refractivity contribution in [2.24, 2.45) is 0 Å². The summed E-state index contributed by atoms with van der Waals surface area (Å²) in [7, 11) is 0. The standard InChI is InChI=1S/C19H25N3O2S2/c1-3-22-18(24)15-13-8-4-5-9-14(13)26-16(15)20-19(22)25-12(2)17(23)21-10-6-7-11-21/h12H,3-11H2,1-2H3/t12-/m1/s1. The molecule has 0 aromatic carbocycles. The van der Waals surface area contributed by atoms with Crippen LogP contribution in [0.15, 0.2) is 9.95 Å². The highest BCUT2D eigenvalue weighted by Gasteiger charge is 2.27. The van der Waals surface area contributed by atoms with E-state index in [1.54, 1.807) is 15.9 Å². The van der Waals surface area contributed by atoms with Crippen molar-refractivity contribution in [3.63, 3.8) is 0 Å². The molecule has 0 radical (unpaired) electrons. The van der Waals surface area contributed by atoms with E-state index in [4.69, 9.17) is 4.98 Å². The minimum atomic E-state index is -0.218. The fourth-order valence-electron chi connectivity index (χ4n) is 3.99. The minimum absolute atomic E-state index is 0.0696. The summed E-state index contributed by atoms with van der Waals surface area (Å²) in [6.07, 6.45) is 6.59. The highest BCUT2D eigenvalue weighted by molar-refractivity contribution is 8.00. The highest BCUT2D eigenvalue weighted by Crippen LogP contribution is 2.35. The third-order valence-corrected chi connectivity index (χ3v) is 7.67. The lowest BCUT2D eigenvalue weighted by Crippen LogP contribution is -2.34. The Bertz CT molecular complexity index is 896. The molecule has 0 N–H and O–H groups in total. The number of rotatable bonds is 4. The summed E-state index contributed by atoms with van der Waals surface area (Å²) in [5.41, 5.74) is 1.30. The summed E-state index contributed by atoms with van der Waals surface area (Å²) in [6, 6.07) is 0. The first-order valence-corrected chi connectivity index (χ1v) is 11.3. The van der Waals surface area contributed by atoms with Crippen LogP contribution in [0.25, 0.3) is 10.2 Å². The first-order valence-electron chi connectivity index (χ1n) is 9.60. The van der Waals surface area contributed by atoms with Gasteiger partial charge in [-0.15, -0.1) is 11.3 Å². The molecule has 1 fully saturated rings. The second kappa shape index (κ2) is 7.35. The summed E-state index contributed by atoms with van der Waals surface area (Å²) in [5.74, 6) is 0.162. The number of thiophene rings is 1. The lowest BCUT2D eigenvalue weighted by Gasteiger charge is -2.20. The number of carbonyl (C=O) groups is 1. The van der Waals surface area contributed by atoms with E-state index in [-0.39, 0.29) is 16.7 Å². The summed E-state index contributed by atoms with van der Waals surface area (Å²) in [6.45, 7) is 6.20. The van der Waals surface area contributed by atoms with E-state index in [0.717, 1.165) is 55.4 Å². The van der Waals surface area contributed by atoms with Gasteiger partial charge < -0.3 is 4.90 Å². The average Bonchev–Trinajstić information content (AvgIpc) is 3.28. The van der Waals surface area contributed by atoms with Crippen LogP contribution in [0.5, 0.6) is 0 Å². The molecule has 0 spiro atoms. The van der Waals surface area contributed by atoms with E-state index >= 15 is 0 Å². The molecule has 0 bridgehead atoms. The Morgan fingerprint density at radius 3 is 2.69 bits per heavy atom. The molecule has 1 aliphatic heterocycles. The zero-order valence-electron chi connectivity index (χ0n) is 15.4. The molecular formula is C19H25N3O2S2. The number of fused-ring (bicyclic) bond motifs is 3. The number of aromatic nitrogens is 2. The van der Waals surface area contributed by atoms with Gasteiger partial charge in [0.15, 0.2) is 5.16 Å². The maximum atomic E-state index is 13.1. The van der Waals surface area contributed by atoms with E-state index in [0.29, 0.717) is 11.7 Å². The van der Waals surface area contributed by atoms with E-state index in [1.165, 1.54) is 28.6 Å². The Morgan fingerprint density at radius 2 is 1.96 bits per heavy atom. The zero-order chi connectivity index (χ0) is 18.3. The average molecular weight is 392 g/mol. The van der Waals surface area contributed by atoms with Crippen molar-refractivity contribution < 1.29 is 4.79 Å². The van der Waals surface area contributed by atoms with Gasteiger partial charge in [0.1, 0.15) is 4.83 Å². The first kappa shape index (κ1) is 18.0. The van der Waals surface area contributed by atoms with Gasteiger partial charge in [0.05, 0.1) is 10.6 Å². The predicted molar refractivity (Wildman–Crippen MR) is 107 cm³/mol. The van der Waals surface area contributed by atoms with Crippen LogP contribution in [0.3, 0.4) is 0 Å². The van der Waals surface area contributed by atoms with E-state index < -0.39 is 0 Å². The molecule has 7 heteroatoms. The molecular weight excluding hydrogens is 366 g/mol. The molecule has 1 atom stereocenters. The molecule has 140 valence electrons. The normalized spacial score (nSPS) is 18.3. The molecule has 5 nitrogen and oxygen atoms in total. The fourth-order valence-corrected chi connectivity index (χ4v) is 6.35. The van der Waals surface area contributed by atoms with Gasteiger partial charge in [-0.2, -0.15) is 0 Å². The van der Waals surface area contributed by atoms with Crippen molar-refractivity contribution in [2.75, 3.05) is 13.1 Å². The number of aryl methyl sites for hydroxylation is 2. The number of amides is 1. The summed E-state index contributed by atoms with van der Waals surface area (Å²) < 4.78 is 1.75. The summed E-state index contributed by atoms with van der Waals surface area (Å²) >= 11 is 3.11. The van der Waals surface area contributed by atoms with Gasteiger partial charge in [-0.1, -0.05) is 11.8 Å². The molecule has 2 aliphatic rings. The van der Waals surface area contributed by atoms with Crippen LogP contribution < -0.4 is 5.56 Å². The van der Waals surface area contributed by atoms with Crippen LogP contribution in [-0.4, -0.2) is 38.7 Å². The summed E-state index contributed by atoms with van der Waals surface area (Å²) in [5, 5.41) is 1.29. The van der Waals surface area contributed by atoms with Crippen molar-refractivity contribution in [1.82, 2.24) is 14.5 Å². The van der Waals surface area contributed by atoms with Crippen LogP contribution in [-0.2, 0) is 24.2 Å². The highest BCUT2D eigenvalue weighted by atomic mass is 32.2. The van der Waals surface area contributed by atoms with Crippen molar-refractivity contribution in [3.8, 4) is 0 Å². The first-order chi connectivity index (χ1) is 12.6. The van der Waals surface area contributed by atoms with Crippen molar-refractivity contribution in [2.45, 2.75) is 69.3 Å². The smallest absolute Gasteiger partial charge is 0.263 e. The van der Waals surface area contributed by atoms with Crippen LogP contribution >= 0.6 is 23.1 Å². The number of carbonyl (C=O) groups excluding carboxylic acids is 1. The third kappa shape index (κ3) is 3.09. The van der Waals surface area contributed by atoms with Gasteiger partial charge in [0.25, 0.3) is 5.56 Å². The number of hydrogen-bond donors (Lipinski definition) is 0. The second-order valence-corrected chi connectivity index (χ2v) is 9.52. The maximum Gasteiger partial charge on any atom is 0.263 e. The number of hydrogen-bond acceptors (Lipinski definition) is 5. The molecule has 3 heterocycles. The number of nitrogens with zero attached hydrogens (tertiary/aromatic N) is 3. The van der Waals surface area contributed by atoms with Crippen LogP contribution in [0.1, 0.15) is 50.0 Å². The predicted octanol–water partition coefficient (Wildman–Crippen LogP) is 3.46. The van der Waals surface area contributed by atoms with Gasteiger partial charge in [-0.05, 0) is 57.9 Å². The minimum Gasteiger partial charge on any atom is -0.342 e. The number of likely N-dealkylation sites (tertiary alicyclic amines) is 1. The molecule has 4 rings (SSSR count). The number of thioether (sulfide) groups is 1. The lowest BCUT2D eigenvalue weighted by molar-refractivity contribution is -0.129. The van der Waals surface area contributed by atoms with Gasteiger partial charge >= 0.3 is 0 Å². The third-order valence-electron chi connectivity index (χ3n) is 5.40. The zero-order valence-corrected chi connectivity index (χ0v) is 17.0. The molecule has 1 saturated heterocycles. The largest absolute Gasteiger partial charge is 0.342 e. The van der Waals surface area contributed by atoms with Crippen molar-refractivity contribution >= 4 is 39.2 Å². The Hall–Kier alpha value is -1.34. The summed E-state index contributed by atoms with van der Waals surface area (Å²) in [4.78, 5) is 34.8. The molecule has 26 heavy (non-hydrogen) atoms. The Morgan fingerprint density at radius 1 is 1.23 bits per heavy atom. The van der Waals surface area contributed by atoms with E-state index in [1.807, 2.05) is 18.7 Å². The van der Waals surface area contributed by atoms with Crippen molar-refractivity contribution in [1.29, 1.82) is 0 Å². The van der Waals surface area contributed by atoms with E-state index in [9.17, 15) is 9.59 Å².